The number of anilines is 1. The highest BCUT2D eigenvalue weighted by molar-refractivity contribution is 7.98. The van der Waals surface area contributed by atoms with Crippen LogP contribution in [0.2, 0.25) is 0 Å². The predicted molar refractivity (Wildman–Crippen MR) is 127 cm³/mol. The van der Waals surface area contributed by atoms with Crippen molar-refractivity contribution in [2.45, 2.75) is 32.6 Å². The molecule has 29 heavy (non-hydrogen) atoms. The minimum absolute atomic E-state index is 0.0236. The first-order chi connectivity index (χ1) is 14.0. The van der Waals surface area contributed by atoms with Crippen molar-refractivity contribution in [1.82, 2.24) is 9.88 Å². The molecule has 0 radical (unpaired) electrons. The van der Waals surface area contributed by atoms with Gasteiger partial charge in [0.25, 0.3) is 5.91 Å². The minimum Gasteiger partial charge on any atom is -0.302 e. The molecular weight excluding hydrogens is 398 g/mol. The Morgan fingerprint density at radius 3 is 2.52 bits per heavy atom. The molecule has 0 aliphatic carbocycles. The van der Waals surface area contributed by atoms with Gasteiger partial charge in [-0.2, -0.15) is 0 Å². The van der Waals surface area contributed by atoms with Crippen molar-refractivity contribution >= 4 is 44.4 Å². The summed E-state index contributed by atoms with van der Waals surface area (Å²) in [6.45, 7) is 11.9. The van der Waals surface area contributed by atoms with Crippen LogP contribution in [0.4, 0.5) is 5.13 Å². The molecule has 6 heteroatoms. The van der Waals surface area contributed by atoms with Crippen LogP contribution in [-0.4, -0.2) is 48.2 Å². The number of aromatic nitrogens is 1. The van der Waals surface area contributed by atoms with Crippen LogP contribution in [0.1, 0.15) is 35.3 Å². The van der Waals surface area contributed by atoms with E-state index < -0.39 is 0 Å². The number of rotatable bonds is 8. The fraction of sp³-hybridized carbons (Fsp3) is 0.391. The zero-order valence-corrected chi connectivity index (χ0v) is 19.5. The number of likely N-dealkylation sites (N-methyl/N-ethyl adjacent to an activating group) is 1. The fourth-order valence-electron chi connectivity index (χ4n) is 3.51. The Hall–Kier alpha value is -1.89. The molecule has 154 valence electrons. The molecule has 0 fully saturated rings. The fourth-order valence-corrected chi connectivity index (χ4v) is 5.14. The van der Waals surface area contributed by atoms with E-state index in [1.807, 2.05) is 35.4 Å². The van der Waals surface area contributed by atoms with E-state index in [0.717, 1.165) is 45.4 Å². The molecule has 3 rings (SSSR count). The Kier molecular flexibility index (Phi) is 7.33. The van der Waals surface area contributed by atoms with E-state index in [-0.39, 0.29) is 5.91 Å². The van der Waals surface area contributed by atoms with E-state index >= 15 is 0 Å². The summed E-state index contributed by atoms with van der Waals surface area (Å²) in [7, 11) is 0. The van der Waals surface area contributed by atoms with E-state index in [1.54, 1.807) is 23.1 Å². The number of hydrogen-bond acceptors (Lipinski definition) is 5. The molecule has 1 aromatic heterocycles. The number of aryl methyl sites for hydroxylation is 2. The van der Waals surface area contributed by atoms with Gasteiger partial charge in [-0.05, 0) is 62.5 Å². The number of fused-ring (bicyclic) bond motifs is 1. The van der Waals surface area contributed by atoms with Gasteiger partial charge in [-0.1, -0.05) is 43.4 Å². The van der Waals surface area contributed by atoms with Crippen LogP contribution in [0.25, 0.3) is 10.2 Å². The van der Waals surface area contributed by atoms with Crippen LogP contribution < -0.4 is 4.90 Å². The number of nitrogens with zero attached hydrogens (tertiary/aromatic N) is 3. The molecule has 2 aromatic carbocycles. The van der Waals surface area contributed by atoms with E-state index in [0.29, 0.717) is 6.54 Å². The molecule has 1 amide bonds. The van der Waals surface area contributed by atoms with E-state index in [1.165, 1.54) is 11.1 Å². The molecule has 0 aliphatic heterocycles. The van der Waals surface area contributed by atoms with Gasteiger partial charge in [-0.25, -0.2) is 4.98 Å². The minimum atomic E-state index is 0.0236. The predicted octanol–water partition coefficient (Wildman–Crippen LogP) is 5.62. The summed E-state index contributed by atoms with van der Waals surface area (Å²) >= 11 is 3.22. The Morgan fingerprint density at radius 2 is 1.83 bits per heavy atom. The van der Waals surface area contributed by atoms with Gasteiger partial charge < -0.3 is 4.90 Å². The molecule has 0 N–H and O–H groups in total. The highest BCUT2D eigenvalue weighted by atomic mass is 32.2. The lowest BCUT2D eigenvalue weighted by Crippen LogP contribution is -2.39. The van der Waals surface area contributed by atoms with Gasteiger partial charge in [0.1, 0.15) is 0 Å². The quantitative estimate of drug-likeness (QED) is 0.437. The summed E-state index contributed by atoms with van der Waals surface area (Å²) in [5.41, 5.74) is 4.12. The molecule has 0 spiro atoms. The number of amides is 1. The average molecular weight is 428 g/mol. The number of benzene rings is 2. The lowest BCUT2D eigenvalue weighted by Gasteiger charge is -2.25. The summed E-state index contributed by atoms with van der Waals surface area (Å²) in [5, 5.41) is 0.779. The molecule has 0 atom stereocenters. The van der Waals surface area contributed by atoms with Gasteiger partial charge in [0.05, 0.1) is 15.8 Å². The zero-order chi connectivity index (χ0) is 21.0. The monoisotopic (exact) mass is 427 g/mol. The van der Waals surface area contributed by atoms with Gasteiger partial charge >= 0.3 is 0 Å². The van der Waals surface area contributed by atoms with Crippen LogP contribution >= 0.6 is 23.1 Å². The van der Waals surface area contributed by atoms with Crippen molar-refractivity contribution in [3.05, 3.63) is 53.1 Å². The van der Waals surface area contributed by atoms with Crippen molar-refractivity contribution in [3.8, 4) is 0 Å². The lowest BCUT2D eigenvalue weighted by molar-refractivity contribution is 0.0981. The van der Waals surface area contributed by atoms with Gasteiger partial charge in [0.15, 0.2) is 5.13 Å². The molecule has 4 nitrogen and oxygen atoms in total. The summed E-state index contributed by atoms with van der Waals surface area (Å²) in [5.74, 6) is 0.0236. The van der Waals surface area contributed by atoms with E-state index in [2.05, 4.69) is 44.7 Å². The second-order valence-electron chi connectivity index (χ2n) is 7.11. The molecule has 0 saturated carbocycles. The van der Waals surface area contributed by atoms with Crippen molar-refractivity contribution < 1.29 is 4.79 Å². The molecule has 0 bridgehead atoms. The molecule has 0 saturated heterocycles. The molecule has 0 unspecified atom stereocenters. The number of carbonyl (C=O) groups excluding carboxylic acids is 1. The molecular formula is C23H29N3OS2. The third-order valence-electron chi connectivity index (χ3n) is 5.16. The lowest BCUT2D eigenvalue weighted by atomic mass is 10.1. The van der Waals surface area contributed by atoms with Crippen molar-refractivity contribution in [1.29, 1.82) is 0 Å². The summed E-state index contributed by atoms with van der Waals surface area (Å²) < 4.78 is 1.16. The van der Waals surface area contributed by atoms with E-state index in [4.69, 9.17) is 4.98 Å². The number of thiazole rings is 1. The first kappa shape index (κ1) is 21.8. The van der Waals surface area contributed by atoms with Crippen LogP contribution in [0.5, 0.6) is 0 Å². The van der Waals surface area contributed by atoms with Crippen LogP contribution in [0.15, 0.2) is 41.3 Å². The third-order valence-corrected chi connectivity index (χ3v) is 7.18. The molecule has 1 heterocycles. The largest absolute Gasteiger partial charge is 0.302 e. The second kappa shape index (κ2) is 9.74. The van der Waals surface area contributed by atoms with Crippen LogP contribution in [0, 0.1) is 13.8 Å². The van der Waals surface area contributed by atoms with Gasteiger partial charge in [0, 0.05) is 18.0 Å². The van der Waals surface area contributed by atoms with Crippen molar-refractivity contribution in [2.75, 3.05) is 37.3 Å². The highest BCUT2D eigenvalue weighted by Crippen LogP contribution is 2.33. The summed E-state index contributed by atoms with van der Waals surface area (Å²) in [4.78, 5) is 23.7. The maximum atomic E-state index is 13.6. The van der Waals surface area contributed by atoms with Crippen LogP contribution in [-0.2, 0) is 0 Å². The number of carbonyl (C=O) groups is 1. The molecule has 0 aliphatic rings. The van der Waals surface area contributed by atoms with Crippen LogP contribution in [0.3, 0.4) is 0 Å². The van der Waals surface area contributed by atoms with Crippen molar-refractivity contribution in [3.63, 3.8) is 0 Å². The molecule has 3 aromatic rings. The SMILES string of the molecule is CCN(CC)CCN(C(=O)c1ccccc1SC)c1nc2cc(C)cc(C)c2s1. The number of hydrogen-bond donors (Lipinski definition) is 0. The smallest absolute Gasteiger partial charge is 0.261 e. The summed E-state index contributed by atoms with van der Waals surface area (Å²) in [6.07, 6.45) is 2.01. The van der Waals surface area contributed by atoms with Gasteiger partial charge in [-0.15, -0.1) is 11.8 Å². The van der Waals surface area contributed by atoms with Gasteiger partial charge in [-0.3, -0.25) is 9.69 Å². The third kappa shape index (κ3) is 4.82. The van der Waals surface area contributed by atoms with Crippen molar-refractivity contribution in [2.24, 2.45) is 0 Å². The van der Waals surface area contributed by atoms with E-state index in [9.17, 15) is 4.79 Å². The Labute approximate surface area is 181 Å². The normalized spacial score (nSPS) is 11.4. The Balaban J connectivity index is 2.03. The maximum absolute atomic E-state index is 13.6. The second-order valence-corrected chi connectivity index (χ2v) is 8.94. The first-order valence-corrected chi connectivity index (χ1v) is 12.1. The topological polar surface area (TPSA) is 36.4 Å². The van der Waals surface area contributed by atoms with Gasteiger partial charge in [0.2, 0.25) is 0 Å². The standard InChI is InChI=1S/C23H29N3OS2/c1-6-25(7-2)12-13-26(22(27)18-10-8-9-11-20(18)28-5)23-24-19-15-16(3)14-17(4)21(19)29-23/h8-11,14-15H,6-7,12-13H2,1-5H3. The first-order valence-electron chi connectivity index (χ1n) is 10.0. The Morgan fingerprint density at radius 1 is 1.10 bits per heavy atom. The summed E-state index contributed by atoms with van der Waals surface area (Å²) in [6, 6.07) is 12.1. The highest BCUT2D eigenvalue weighted by Gasteiger charge is 2.24. The Bertz CT molecular complexity index is 995. The maximum Gasteiger partial charge on any atom is 0.261 e. The zero-order valence-electron chi connectivity index (χ0n) is 17.9. The average Bonchev–Trinajstić information content (AvgIpc) is 3.14. The number of thioether (sulfide) groups is 1.